The molecule has 0 aliphatic carbocycles. The van der Waals surface area contributed by atoms with Gasteiger partial charge in [0.15, 0.2) is 0 Å². The largest absolute Gasteiger partial charge is 0.320 e. The van der Waals surface area contributed by atoms with Crippen LogP contribution in [0.1, 0.15) is 13.8 Å². The Balaban J connectivity index is 0. The number of hydrogen-bond donors (Lipinski definition) is 2. The summed E-state index contributed by atoms with van der Waals surface area (Å²) in [6, 6.07) is 2.03. The van der Waals surface area contributed by atoms with Crippen LogP contribution in [0.4, 0.5) is 10.2 Å². The standard InChI is InChI=1S/C10H14FN3O.2ClH/c1-6(2)9(12)10(15)14-8-4-3-7(11)5-13-8;;/h3-6,9H,12H2,1-2H3,(H,13,14,15);2*1H/t9-;;/m1../s1. The minimum atomic E-state index is -0.586. The number of amides is 1. The normalized spacial score (nSPS) is 11.1. The number of nitrogens with zero attached hydrogens (tertiary/aromatic N) is 1. The summed E-state index contributed by atoms with van der Waals surface area (Å²) in [6.45, 7) is 3.70. The van der Waals surface area contributed by atoms with Crippen LogP contribution in [0, 0.1) is 11.7 Å². The Morgan fingerprint density at radius 3 is 2.41 bits per heavy atom. The van der Waals surface area contributed by atoms with Crippen LogP contribution in [0.5, 0.6) is 0 Å². The highest BCUT2D eigenvalue weighted by Crippen LogP contribution is 2.06. The van der Waals surface area contributed by atoms with Gasteiger partial charge in [-0.3, -0.25) is 4.79 Å². The monoisotopic (exact) mass is 283 g/mol. The Morgan fingerprint density at radius 2 is 2.00 bits per heavy atom. The van der Waals surface area contributed by atoms with Crippen molar-refractivity contribution in [2.24, 2.45) is 11.7 Å². The highest BCUT2D eigenvalue weighted by molar-refractivity contribution is 5.93. The van der Waals surface area contributed by atoms with E-state index in [1.807, 2.05) is 13.8 Å². The summed E-state index contributed by atoms with van der Waals surface area (Å²) >= 11 is 0. The molecule has 1 amide bonds. The summed E-state index contributed by atoms with van der Waals surface area (Å²) < 4.78 is 12.5. The minimum absolute atomic E-state index is 0. The third-order valence-electron chi connectivity index (χ3n) is 2.00. The molecule has 0 spiro atoms. The molecule has 0 bridgehead atoms. The third-order valence-corrected chi connectivity index (χ3v) is 2.00. The molecule has 7 heteroatoms. The molecule has 1 heterocycles. The first kappa shape index (κ1) is 18.5. The van der Waals surface area contributed by atoms with Gasteiger partial charge in [0, 0.05) is 0 Å². The van der Waals surface area contributed by atoms with Gasteiger partial charge in [-0.25, -0.2) is 9.37 Å². The predicted molar refractivity (Wildman–Crippen MR) is 70.1 cm³/mol. The number of carbonyl (C=O) groups is 1. The number of nitrogens with one attached hydrogen (secondary N) is 1. The van der Waals surface area contributed by atoms with Crippen LogP contribution in [0.25, 0.3) is 0 Å². The van der Waals surface area contributed by atoms with Crippen molar-refractivity contribution >= 4 is 36.5 Å². The van der Waals surface area contributed by atoms with Crippen molar-refractivity contribution in [2.45, 2.75) is 19.9 Å². The molecule has 0 aliphatic heterocycles. The molecule has 17 heavy (non-hydrogen) atoms. The molecule has 98 valence electrons. The van der Waals surface area contributed by atoms with Crippen molar-refractivity contribution in [3.05, 3.63) is 24.1 Å². The number of rotatable bonds is 3. The van der Waals surface area contributed by atoms with Crippen molar-refractivity contribution in [2.75, 3.05) is 5.32 Å². The van der Waals surface area contributed by atoms with Gasteiger partial charge in [0.05, 0.1) is 12.2 Å². The smallest absolute Gasteiger partial charge is 0.242 e. The van der Waals surface area contributed by atoms with Crippen molar-refractivity contribution in [3.8, 4) is 0 Å². The molecular formula is C10H16Cl2FN3O. The number of aromatic nitrogens is 1. The number of hydrogen-bond acceptors (Lipinski definition) is 3. The molecule has 1 atom stereocenters. The van der Waals surface area contributed by atoms with Crippen molar-refractivity contribution in [1.82, 2.24) is 4.98 Å². The zero-order valence-corrected chi connectivity index (χ0v) is 11.1. The van der Waals surface area contributed by atoms with Gasteiger partial charge >= 0.3 is 0 Å². The Bertz CT molecular complexity index is 346. The van der Waals surface area contributed by atoms with Gasteiger partial charge in [-0.2, -0.15) is 0 Å². The second-order valence-corrected chi connectivity index (χ2v) is 3.62. The summed E-state index contributed by atoms with van der Waals surface area (Å²) in [4.78, 5) is 15.2. The lowest BCUT2D eigenvalue weighted by molar-refractivity contribution is -0.118. The van der Waals surface area contributed by atoms with E-state index >= 15 is 0 Å². The van der Waals surface area contributed by atoms with E-state index < -0.39 is 11.9 Å². The van der Waals surface area contributed by atoms with Crippen molar-refractivity contribution in [3.63, 3.8) is 0 Å². The lowest BCUT2D eigenvalue weighted by atomic mass is 10.1. The van der Waals surface area contributed by atoms with Crippen LogP contribution < -0.4 is 11.1 Å². The van der Waals surface area contributed by atoms with Crippen molar-refractivity contribution < 1.29 is 9.18 Å². The Kier molecular flexibility index (Phi) is 8.92. The van der Waals surface area contributed by atoms with E-state index in [-0.39, 0.29) is 36.6 Å². The van der Waals surface area contributed by atoms with E-state index in [1.165, 1.54) is 12.1 Å². The first-order valence-corrected chi connectivity index (χ1v) is 4.68. The molecule has 0 fully saturated rings. The summed E-state index contributed by atoms with van der Waals surface area (Å²) in [5, 5.41) is 2.51. The summed E-state index contributed by atoms with van der Waals surface area (Å²) in [6.07, 6.45) is 1.04. The van der Waals surface area contributed by atoms with Crippen LogP contribution in [-0.2, 0) is 4.79 Å². The fraction of sp³-hybridized carbons (Fsp3) is 0.400. The van der Waals surface area contributed by atoms with Gasteiger partial charge in [0.25, 0.3) is 0 Å². The zero-order chi connectivity index (χ0) is 11.4. The molecule has 0 saturated carbocycles. The Labute approximate surface area is 112 Å². The molecular weight excluding hydrogens is 268 g/mol. The van der Waals surface area contributed by atoms with Gasteiger partial charge in [-0.15, -0.1) is 24.8 Å². The van der Waals surface area contributed by atoms with Crippen LogP contribution in [0.2, 0.25) is 0 Å². The number of halogens is 3. The molecule has 1 aromatic heterocycles. The maximum atomic E-state index is 12.5. The SMILES string of the molecule is CC(C)[C@@H](N)C(=O)Nc1ccc(F)cn1.Cl.Cl. The molecule has 3 N–H and O–H groups in total. The molecule has 0 unspecified atom stereocenters. The number of nitrogens with two attached hydrogens (primary N) is 1. The van der Waals surface area contributed by atoms with E-state index in [0.29, 0.717) is 5.82 Å². The zero-order valence-electron chi connectivity index (χ0n) is 9.51. The second-order valence-electron chi connectivity index (χ2n) is 3.62. The Hall–Kier alpha value is -0.910. The Morgan fingerprint density at radius 1 is 1.41 bits per heavy atom. The van der Waals surface area contributed by atoms with E-state index in [9.17, 15) is 9.18 Å². The lowest BCUT2D eigenvalue weighted by Crippen LogP contribution is -2.39. The van der Waals surface area contributed by atoms with E-state index in [1.54, 1.807) is 0 Å². The number of pyridine rings is 1. The summed E-state index contributed by atoms with van der Waals surface area (Å²) in [7, 11) is 0. The van der Waals surface area contributed by atoms with E-state index in [0.717, 1.165) is 6.20 Å². The summed E-state index contributed by atoms with van der Waals surface area (Å²) in [5.41, 5.74) is 5.62. The van der Waals surface area contributed by atoms with Crippen LogP contribution in [0.3, 0.4) is 0 Å². The highest BCUT2D eigenvalue weighted by Gasteiger charge is 2.17. The van der Waals surface area contributed by atoms with Crippen LogP contribution in [0.15, 0.2) is 18.3 Å². The fourth-order valence-corrected chi connectivity index (χ4v) is 0.962. The first-order valence-electron chi connectivity index (χ1n) is 4.68. The lowest BCUT2D eigenvalue weighted by Gasteiger charge is -2.14. The maximum Gasteiger partial charge on any atom is 0.242 e. The molecule has 0 saturated heterocycles. The van der Waals surface area contributed by atoms with Gasteiger partial charge in [0.1, 0.15) is 11.6 Å². The minimum Gasteiger partial charge on any atom is -0.320 e. The van der Waals surface area contributed by atoms with Crippen LogP contribution in [-0.4, -0.2) is 16.9 Å². The maximum absolute atomic E-state index is 12.5. The molecule has 0 aliphatic rings. The topological polar surface area (TPSA) is 68.0 Å². The van der Waals surface area contributed by atoms with Gasteiger partial charge in [-0.05, 0) is 18.1 Å². The molecule has 0 radical (unpaired) electrons. The summed E-state index contributed by atoms with van der Waals surface area (Å²) in [5.74, 6) is -0.409. The molecule has 1 rings (SSSR count). The van der Waals surface area contributed by atoms with Gasteiger partial charge in [-0.1, -0.05) is 13.8 Å². The van der Waals surface area contributed by atoms with E-state index in [4.69, 9.17) is 5.73 Å². The van der Waals surface area contributed by atoms with Crippen molar-refractivity contribution in [1.29, 1.82) is 0 Å². The molecule has 1 aromatic rings. The van der Waals surface area contributed by atoms with Crippen LogP contribution >= 0.6 is 24.8 Å². The average Bonchev–Trinajstić information content (AvgIpc) is 2.20. The van der Waals surface area contributed by atoms with Gasteiger partial charge < -0.3 is 11.1 Å². The number of carbonyl (C=O) groups excluding carboxylic acids is 1. The number of anilines is 1. The third kappa shape index (κ3) is 5.81. The highest BCUT2D eigenvalue weighted by atomic mass is 35.5. The predicted octanol–water partition coefficient (Wildman–Crippen LogP) is 1.99. The first-order chi connectivity index (χ1) is 7.00. The molecule has 0 aromatic carbocycles. The second kappa shape index (κ2) is 8.22. The van der Waals surface area contributed by atoms with E-state index in [2.05, 4.69) is 10.3 Å². The van der Waals surface area contributed by atoms with Gasteiger partial charge in [0.2, 0.25) is 5.91 Å². The average molecular weight is 284 g/mol. The quantitative estimate of drug-likeness (QED) is 0.891. The fourth-order valence-electron chi connectivity index (χ4n) is 0.962. The molecule has 4 nitrogen and oxygen atoms in total.